The van der Waals surface area contributed by atoms with Crippen LogP contribution in [-0.2, 0) is 13.0 Å². The van der Waals surface area contributed by atoms with Gasteiger partial charge in [0.05, 0.1) is 31.0 Å². The first kappa shape index (κ1) is 17.3. The lowest BCUT2D eigenvalue weighted by Crippen LogP contribution is -2.25. The molecule has 1 aromatic carbocycles. The van der Waals surface area contributed by atoms with Gasteiger partial charge in [0.2, 0.25) is 5.89 Å². The Kier molecular flexibility index (Phi) is 4.88. The van der Waals surface area contributed by atoms with Crippen LogP contribution >= 0.6 is 0 Å². The Labute approximate surface area is 156 Å². The lowest BCUT2D eigenvalue weighted by atomic mass is 10.3. The lowest BCUT2D eigenvalue weighted by Gasteiger charge is -2.17. The number of nitrogens with zero attached hydrogens (tertiary/aromatic N) is 4. The molecular weight excluding hydrogens is 346 g/mol. The first-order chi connectivity index (χ1) is 13.2. The van der Waals surface area contributed by atoms with Crippen LogP contribution in [0.25, 0.3) is 22.7 Å². The zero-order chi connectivity index (χ0) is 18.6. The van der Waals surface area contributed by atoms with Crippen molar-refractivity contribution in [2.75, 3.05) is 20.2 Å². The second kappa shape index (κ2) is 7.63. The van der Waals surface area contributed by atoms with Crippen molar-refractivity contribution in [2.45, 2.75) is 19.9 Å². The highest BCUT2D eigenvalue weighted by Gasteiger charge is 2.14. The molecule has 0 saturated heterocycles. The van der Waals surface area contributed by atoms with Gasteiger partial charge in [-0.2, -0.15) is 0 Å². The van der Waals surface area contributed by atoms with E-state index >= 15 is 0 Å². The summed E-state index contributed by atoms with van der Waals surface area (Å²) in [5.41, 5.74) is 1.92. The van der Waals surface area contributed by atoms with Crippen LogP contribution in [0.3, 0.4) is 0 Å². The Balaban J connectivity index is 1.39. The Morgan fingerprint density at radius 3 is 2.93 bits per heavy atom. The number of likely N-dealkylation sites (N-methyl/N-ethyl adjacent to an activating group) is 1. The molecule has 8 nitrogen and oxygen atoms in total. The number of furan rings is 1. The zero-order valence-corrected chi connectivity index (χ0v) is 15.3. The van der Waals surface area contributed by atoms with Crippen LogP contribution in [0.1, 0.15) is 18.6 Å². The van der Waals surface area contributed by atoms with E-state index in [1.807, 2.05) is 18.2 Å². The quantitative estimate of drug-likeness (QED) is 0.511. The zero-order valence-electron chi connectivity index (χ0n) is 15.3. The minimum Gasteiger partial charge on any atom is -0.497 e. The van der Waals surface area contributed by atoms with Crippen molar-refractivity contribution in [3.8, 4) is 17.4 Å². The lowest BCUT2D eigenvalue weighted by molar-refractivity contribution is 0.253. The van der Waals surface area contributed by atoms with Crippen molar-refractivity contribution in [1.29, 1.82) is 0 Å². The molecule has 4 rings (SSSR count). The fourth-order valence-corrected chi connectivity index (χ4v) is 2.91. The molecule has 27 heavy (non-hydrogen) atoms. The van der Waals surface area contributed by atoms with E-state index in [1.54, 1.807) is 25.5 Å². The molecule has 0 saturated carbocycles. The summed E-state index contributed by atoms with van der Waals surface area (Å²) in [6.07, 6.45) is 2.38. The summed E-state index contributed by atoms with van der Waals surface area (Å²) < 4.78 is 16.2. The third-order valence-electron chi connectivity index (χ3n) is 4.41. The van der Waals surface area contributed by atoms with E-state index < -0.39 is 0 Å². The van der Waals surface area contributed by atoms with Gasteiger partial charge in [0.15, 0.2) is 5.76 Å². The highest BCUT2D eigenvalue weighted by atomic mass is 16.5. The molecule has 0 aliphatic carbocycles. The third-order valence-corrected chi connectivity index (χ3v) is 4.41. The number of methoxy groups -OCH3 is 1. The number of rotatable bonds is 8. The highest BCUT2D eigenvalue weighted by molar-refractivity contribution is 5.76. The molecule has 1 N–H and O–H groups in total. The van der Waals surface area contributed by atoms with Gasteiger partial charge in [0.25, 0.3) is 5.89 Å². The van der Waals surface area contributed by atoms with E-state index in [4.69, 9.17) is 13.6 Å². The maximum Gasteiger partial charge on any atom is 0.283 e. The van der Waals surface area contributed by atoms with Crippen LogP contribution in [0.5, 0.6) is 5.75 Å². The number of aromatic nitrogens is 4. The van der Waals surface area contributed by atoms with Crippen LogP contribution < -0.4 is 4.74 Å². The summed E-state index contributed by atoms with van der Waals surface area (Å²) in [7, 11) is 1.66. The number of fused-ring (bicyclic) bond motifs is 1. The fourth-order valence-electron chi connectivity index (χ4n) is 2.91. The van der Waals surface area contributed by atoms with Crippen LogP contribution in [0.2, 0.25) is 0 Å². The Bertz CT molecular complexity index is 1010. The summed E-state index contributed by atoms with van der Waals surface area (Å²) in [5, 5.41) is 8.16. The van der Waals surface area contributed by atoms with Gasteiger partial charge in [-0.1, -0.05) is 6.92 Å². The molecule has 0 radical (unpaired) electrons. The molecule has 3 aromatic heterocycles. The molecule has 0 aliphatic rings. The van der Waals surface area contributed by atoms with Crippen molar-refractivity contribution in [3.63, 3.8) is 0 Å². The minimum atomic E-state index is 0.400. The number of hydrogen-bond acceptors (Lipinski definition) is 7. The van der Waals surface area contributed by atoms with Gasteiger partial charge in [0, 0.05) is 19.0 Å². The first-order valence-electron chi connectivity index (χ1n) is 8.86. The standard InChI is InChI=1S/C19H21N5O3/c1-3-24(12-18-22-23-19(27-18)16-5-4-10-26-16)9-8-17-20-14-7-6-13(25-2)11-15(14)21-17/h4-7,10-11H,3,8-9,12H2,1-2H3,(H,20,21). The molecule has 3 heterocycles. The smallest absolute Gasteiger partial charge is 0.283 e. The summed E-state index contributed by atoms with van der Waals surface area (Å²) in [6.45, 7) is 4.38. The molecule has 0 bridgehead atoms. The van der Waals surface area contributed by atoms with E-state index in [2.05, 4.69) is 32.0 Å². The fraction of sp³-hybridized carbons (Fsp3) is 0.316. The van der Waals surface area contributed by atoms with E-state index in [0.717, 1.165) is 42.1 Å². The number of aromatic amines is 1. The molecule has 140 valence electrons. The minimum absolute atomic E-state index is 0.400. The Morgan fingerprint density at radius 2 is 2.15 bits per heavy atom. The predicted molar refractivity (Wildman–Crippen MR) is 99.3 cm³/mol. The van der Waals surface area contributed by atoms with Gasteiger partial charge >= 0.3 is 0 Å². The predicted octanol–water partition coefficient (Wildman–Crippen LogP) is 3.28. The topological polar surface area (TPSA) is 93.2 Å². The summed E-state index contributed by atoms with van der Waals surface area (Å²) in [6, 6.07) is 9.42. The monoisotopic (exact) mass is 367 g/mol. The number of ether oxygens (including phenoxy) is 1. The summed E-state index contributed by atoms with van der Waals surface area (Å²) >= 11 is 0. The first-order valence-corrected chi connectivity index (χ1v) is 8.86. The number of hydrogen-bond donors (Lipinski definition) is 1. The van der Waals surface area contributed by atoms with E-state index in [0.29, 0.717) is 24.1 Å². The van der Waals surface area contributed by atoms with Gasteiger partial charge in [-0.05, 0) is 30.8 Å². The van der Waals surface area contributed by atoms with Crippen LogP contribution in [0, 0.1) is 0 Å². The van der Waals surface area contributed by atoms with Crippen molar-refractivity contribution in [1.82, 2.24) is 25.1 Å². The molecular formula is C19H21N5O3. The van der Waals surface area contributed by atoms with E-state index in [1.165, 1.54) is 0 Å². The number of nitrogens with one attached hydrogen (secondary N) is 1. The van der Waals surface area contributed by atoms with Crippen molar-refractivity contribution < 1.29 is 13.6 Å². The van der Waals surface area contributed by atoms with E-state index in [-0.39, 0.29) is 0 Å². The molecule has 0 atom stereocenters. The Morgan fingerprint density at radius 1 is 1.22 bits per heavy atom. The van der Waals surface area contributed by atoms with Crippen LogP contribution in [0.15, 0.2) is 45.4 Å². The second-order valence-electron chi connectivity index (χ2n) is 6.16. The van der Waals surface area contributed by atoms with Gasteiger partial charge < -0.3 is 18.6 Å². The molecule has 4 aromatic rings. The van der Waals surface area contributed by atoms with Crippen molar-refractivity contribution in [3.05, 3.63) is 48.3 Å². The molecule has 0 unspecified atom stereocenters. The summed E-state index contributed by atoms with van der Waals surface area (Å²) in [4.78, 5) is 10.2. The number of H-pyrrole nitrogens is 1. The van der Waals surface area contributed by atoms with Gasteiger partial charge in [-0.15, -0.1) is 10.2 Å². The van der Waals surface area contributed by atoms with Crippen molar-refractivity contribution in [2.24, 2.45) is 0 Å². The normalized spacial score (nSPS) is 11.5. The van der Waals surface area contributed by atoms with E-state index in [9.17, 15) is 0 Å². The van der Waals surface area contributed by atoms with Crippen LogP contribution in [0.4, 0.5) is 0 Å². The van der Waals surface area contributed by atoms with Gasteiger partial charge in [-0.25, -0.2) is 4.98 Å². The highest BCUT2D eigenvalue weighted by Crippen LogP contribution is 2.20. The molecule has 8 heteroatoms. The van der Waals surface area contributed by atoms with Crippen LogP contribution in [-0.4, -0.2) is 45.3 Å². The number of imidazole rings is 1. The van der Waals surface area contributed by atoms with Gasteiger partial charge in [-0.3, -0.25) is 4.90 Å². The molecule has 0 fully saturated rings. The van der Waals surface area contributed by atoms with Crippen molar-refractivity contribution >= 4 is 11.0 Å². The largest absolute Gasteiger partial charge is 0.497 e. The maximum atomic E-state index is 5.69. The average molecular weight is 367 g/mol. The average Bonchev–Trinajstić information content (AvgIpc) is 3.44. The summed E-state index contributed by atoms with van der Waals surface area (Å²) in [5.74, 6) is 3.31. The second-order valence-corrected chi connectivity index (χ2v) is 6.16. The third kappa shape index (κ3) is 3.85. The number of benzene rings is 1. The van der Waals surface area contributed by atoms with Gasteiger partial charge in [0.1, 0.15) is 11.6 Å². The molecule has 0 spiro atoms. The molecule has 0 aliphatic heterocycles. The molecule has 0 amide bonds. The maximum absolute atomic E-state index is 5.69. The SMILES string of the molecule is CCN(CCc1nc2ccc(OC)cc2[nH]1)Cc1nnc(-c2ccco2)o1. The Hall–Kier alpha value is -3.13.